The largest absolute Gasteiger partial charge is 0.389 e. The monoisotopic (exact) mass is 469 g/mol. The molecule has 1 saturated carbocycles. The maximum absolute atomic E-state index is 12.9. The predicted molar refractivity (Wildman–Crippen MR) is 136 cm³/mol. The van der Waals surface area contributed by atoms with Crippen molar-refractivity contribution in [2.45, 2.75) is 57.6 Å². The van der Waals surface area contributed by atoms with Crippen LogP contribution < -0.4 is 10.2 Å². The number of amides is 1. The molecule has 0 spiro atoms. The number of aliphatic hydroxyl groups is 1. The lowest BCUT2D eigenvalue weighted by Crippen LogP contribution is -2.56. The Labute approximate surface area is 202 Å². The van der Waals surface area contributed by atoms with E-state index in [2.05, 4.69) is 53.2 Å². The van der Waals surface area contributed by atoms with Gasteiger partial charge in [0, 0.05) is 48.0 Å². The molecule has 0 radical (unpaired) electrons. The summed E-state index contributed by atoms with van der Waals surface area (Å²) in [5, 5.41) is 15.2. The third kappa shape index (κ3) is 5.37. The zero-order chi connectivity index (χ0) is 23.4. The summed E-state index contributed by atoms with van der Waals surface area (Å²) in [6, 6.07) is 16.0. The van der Waals surface area contributed by atoms with Crippen molar-refractivity contribution in [3.63, 3.8) is 0 Å². The third-order valence-electron chi connectivity index (χ3n) is 7.51. The van der Waals surface area contributed by atoms with Crippen molar-refractivity contribution in [1.29, 1.82) is 0 Å². The Kier molecular flexibility index (Phi) is 7.62. The number of nitrogens with one attached hydrogen (secondary N) is 1. The Hall–Kier alpha value is -2.08. The Bertz CT molecular complexity index is 929. The summed E-state index contributed by atoms with van der Waals surface area (Å²) in [6.07, 6.45) is 4.79. The highest BCUT2D eigenvalue weighted by atomic mass is 35.5. The van der Waals surface area contributed by atoms with Gasteiger partial charge in [-0.25, -0.2) is 0 Å². The van der Waals surface area contributed by atoms with E-state index in [-0.39, 0.29) is 17.9 Å². The van der Waals surface area contributed by atoms with Gasteiger partial charge in [-0.1, -0.05) is 36.6 Å². The first-order valence-electron chi connectivity index (χ1n) is 12.3. The molecule has 1 aliphatic heterocycles. The van der Waals surface area contributed by atoms with Crippen LogP contribution in [0.2, 0.25) is 5.02 Å². The first-order chi connectivity index (χ1) is 15.9. The molecule has 0 aromatic heterocycles. The van der Waals surface area contributed by atoms with E-state index in [1.807, 2.05) is 12.1 Å². The van der Waals surface area contributed by atoms with Crippen LogP contribution in [0.1, 0.15) is 57.6 Å². The Morgan fingerprint density at radius 3 is 2.45 bits per heavy atom. The molecule has 1 amide bonds. The number of halogens is 1. The fourth-order valence-electron chi connectivity index (χ4n) is 5.75. The molecular formula is C27H36ClN3O2. The van der Waals surface area contributed by atoms with Gasteiger partial charge in [0.2, 0.25) is 5.91 Å². The molecule has 1 aliphatic carbocycles. The highest BCUT2D eigenvalue weighted by molar-refractivity contribution is 6.30. The second kappa shape index (κ2) is 10.5. The van der Waals surface area contributed by atoms with Crippen molar-refractivity contribution in [3.8, 4) is 0 Å². The number of hydrogen-bond acceptors (Lipinski definition) is 4. The van der Waals surface area contributed by atoms with Crippen LogP contribution >= 0.6 is 11.6 Å². The minimum absolute atomic E-state index is 0.0331. The molecule has 2 N–H and O–H groups in total. The van der Waals surface area contributed by atoms with Crippen LogP contribution in [0.25, 0.3) is 0 Å². The van der Waals surface area contributed by atoms with E-state index in [9.17, 15) is 9.90 Å². The minimum Gasteiger partial charge on any atom is -0.389 e. The van der Waals surface area contributed by atoms with Gasteiger partial charge in [0.1, 0.15) is 0 Å². The van der Waals surface area contributed by atoms with Crippen molar-refractivity contribution in [1.82, 2.24) is 4.90 Å². The van der Waals surface area contributed by atoms with Gasteiger partial charge in [-0.05, 0) is 75.1 Å². The Morgan fingerprint density at radius 1 is 1.09 bits per heavy atom. The Balaban J connectivity index is 1.57. The standard InChI is InChI=1S/C27H36ClN3O2/c1-3-30(4-2)23-14-8-20(9-15-23)26-24-7-5-6-16-27(24,33)17-18-31(26)19-25(32)29-22-12-10-21(28)11-13-22/h8-15,24,26,33H,3-7,16-19H2,1-2H3,(H,29,32)/t24-,26+,27+/m1/s1. The highest BCUT2D eigenvalue weighted by Gasteiger charge is 2.49. The first kappa shape index (κ1) is 24.1. The van der Waals surface area contributed by atoms with Crippen LogP contribution in [0.15, 0.2) is 48.5 Å². The minimum atomic E-state index is -0.635. The normalized spacial score (nSPS) is 25.3. The molecule has 5 nitrogen and oxygen atoms in total. The van der Waals surface area contributed by atoms with Crippen molar-refractivity contribution in [2.24, 2.45) is 5.92 Å². The van der Waals surface area contributed by atoms with Crippen molar-refractivity contribution in [2.75, 3.05) is 36.4 Å². The second-order valence-electron chi connectivity index (χ2n) is 9.44. The molecule has 2 aromatic rings. The molecule has 1 heterocycles. The van der Waals surface area contributed by atoms with Gasteiger partial charge in [0.05, 0.1) is 12.1 Å². The van der Waals surface area contributed by atoms with Crippen LogP contribution in [0.4, 0.5) is 11.4 Å². The maximum Gasteiger partial charge on any atom is 0.238 e. The molecule has 2 fully saturated rings. The zero-order valence-corrected chi connectivity index (χ0v) is 20.5. The number of likely N-dealkylation sites (tertiary alicyclic amines) is 1. The summed E-state index contributed by atoms with van der Waals surface area (Å²) >= 11 is 5.97. The quantitative estimate of drug-likeness (QED) is 0.562. The van der Waals surface area contributed by atoms with E-state index in [0.29, 0.717) is 18.1 Å². The molecule has 3 atom stereocenters. The fourth-order valence-corrected chi connectivity index (χ4v) is 5.88. The number of nitrogens with zero attached hydrogens (tertiary/aromatic N) is 2. The van der Waals surface area contributed by atoms with Gasteiger partial charge in [-0.15, -0.1) is 0 Å². The molecule has 2 aliphatic rings. The van der Waals surface area contributed by atoms with E-state index in [0.717, 1.165) is 50.9 Å². The van der Waals surface area contributed by atoms with Crippen LogP contribution in [-0.2, 0) is 4.79 Å². The molecule has 2 aromatic carbocycles. The molecular weight excluding hydrogens is 434 g/mol. The van der Waals surface area contributed by atoms with E-state index < -0.39 is 5.60 Å². The van der Waals surface area contributed by atoms with Crippen LogP contribution in [0.3, 0.4) is 0 Å². The number of anilines is 2. The molecule has 0 bridgehead atoms. The lowest BCUT2D eigenvalue weighted by Gasteiger charge is -2.52. The number of fused-ring (bicyclic) bond motifs is 1. The summed E-state index contributed by atoms with van der Waals surface area (Å²) in [5.74, 6) is 0.103. The van der Waals surface area contributed by atoms with E-state index >= 15 is 0 Å². The van der Waals surface area contributed by atoms with Gasteiger partial charge in [0.25, 0.3) is 0 Å². The predicted octanol–water partition coefficient (Wildman–Crippen LogP) is 5.49. The fraction of sp³-hybridized carbons (Fsp3) is 0.519. The van der Waals surface area contributed by atoms with Crippen molar-refractivity contribution in [3.05, 3.63) is 59.1 Å². The molecule has 1 saturated heterocycles. The molecule has 4 rings (SSSR count). The van der Waals surface area contributed by atoms with Gasteiger partial charge < -0.3 is 15.3 Å². The lowest BCUT2D eigenvalue weighted by molar-refractivity contribution is -0.135. The summed E-state index contributed by atoms with van der Waals surface area (Å²) in [4.78, 5) is 17.5. The van der Waals surface area contributed by atoms with Gasteiger partial charge in [0.15, 0.2) is 0 Å². The van der Waals surface area contributed by atoms with Gasteiger partial charge in [-0.3, -0.25) is 9.69 Å². The summed E-state index contributed by atoms with van der Waals surface area (Å²) < 4.78 is 0. The second-order valence-corrected chi connectivity index (χ2v) is 9.88. The summed E-state index contributed by atoms with van der Waals surface area (Å²) in [7, 11) is 0. The number of benzene rings is 2. The number of piperidine rings is 1. The van der Waals surface area contributed by atoms with Crippen LogP contribution in [0, 0.1) is 5.92 Å². The average molecular weight is 470 g/mol. The average Bonchev–Trinajstić information content (AvgIpc) is 2.82. The molecule has 178 valence electrons. The number of carbonyl (C=O) groups excluding carboxylic acids is 1. The number of rotatable bonds is 7. The van der Waals surface area contributed by atoms with Crippen molar-refractivity contribution >= 4 is 28.9 Å². The number of carbonyl (C=O) groups is 1. The molecule has 0 unspecified atom stereocenters. The summed E-state index contributed by atoms with van der Waals surface area (Å²) in [5.41, 5.74) is 2.51. The first-order valence-corrected chi connectivity index (χ1v) is 12.7. The number of hydrogen-bond donors (Lipinski definition) is 2. The molecule has 33 heavy (non-hydrogen) atoms. The third-order valence-corrected chi connectivity index (χ3v) is 7.76. The van der Waals surface area contributed by atoms with Crippen LogP contribution in [0.5, 0.6) is 0 Å². The maximum atomic E-state index is 12.9. The van der Waals surface area contributed by atoms with E-state index in [4.69, 9.17) is 11.6 Å². The highest BCUT2D eigenvalue weighted by Crippen LogP contribution is 2.49. The van der Waals surface area contributed by atoms with E-state index in [1.165, 1.54) is 11.3 Å². The van der Waals surface area contributed by atoms with Gasteiger partial charge in [-0.2, -0.15) is 0 Å². The molecule has 6 heteroatoms. The van der Waals surface area contributed by atoms with Crippen LogP contribution in [-0.4, -0.2) is 47.7 Å². The van der Waals surface area contributed by atoms with Gasteiger partial charge >= 0.3 is 0 Å². The zero-order valence-electron chi connectivity index (χ0n) is 19.8. The van der Waals surface area contributed by atoms with Crippen molar-refractivity contribution < 1.29 is 9.90 Å². The van der Waals surface area contributed by atoms with E-state index in [1.54, 1.807) is 12.1 Å². The smallest absolute Gasteiger partial charge is 0.238 e. The SMILES string of the molecule is CCN(CC)c1ccc([C@H]2[C@H]3CCCC[C@]3(O)CCN2CC(=O)Nc2ccc(Cl)cc2)cc1. The Morgan fingerprint density at radius 2 is 1.79 bits per heavy atom. The lowest BCUT2D eigenvalue weighted by atomic mass is 9.66. The summed E-state index contributed by atoms with van der Waals surface area (Å²) in [6.45, 7) is 7.29. The topological polar surface area (TPSA) is 55.8 Å².